The van der Waals surface area contributed by atoms with E-state index >= 15 is 0 Å². The van der Waals surface area contributed by atoms with Crippen LogP contribution >= 0.6 is 0 Å². The second kappa shape index (κ2) is 10.6. The average Bonchev–Trinajstić information content (AvgIpc) is 3.38. The number of carbonyl (C=O) groups is 1. The first-order chi connectivity index (χ1) is 12.6. The number of ether oxygens (including phenoxy) is 2. The second-order valence-electron chi connectivity index (χ2n) is 7.57. The van der Waals surface area contributed by atoms with Crippen molar-refractivity contribution in [1.82, 2.24) is 16.0 Å². The highest BCUT2D eigenvalue weighted by molar-refractivity contribution is 5.79. The Morgan fingerprint density at radius 3 is 2.58 bits per heavy atom. The number of guanidine groups is 1. The van der Waals surface area contributed by atoms with Gasteiger partial charge in [0.1, 0.15) is 0 Å². The molecule has 0 saturated heterocycles. The highest BCUT2D eigenvalue weighted by Gasteiger charge is 2.34. The van der Waals surface area contributed by atoms with Crippen molar-refractivity contribution in [2.75, 3.05) is 40.5 Å². The zero-order valence-electron chi connectivity index (χ0n) is 16.6. The lowest BCUT2D eigenvalue weighted by atomic mass is 9.83. The molecule has 1 amide bonds. The molecule has 2 fully saturated rings. The van der Waals surface area contributed by atoms with E-state index in [2.05, 4.69) is 20.9 Å². The Kier molecular flexibility index (Phi) is 8.48. The number of aliphatic imine (C=N–C) groups is 1. The Balaban J connectivity index is 1.79. The SMILES string of the molecule is CCOC(=O)NC(CNC(=NC)NCC1(CCOC)CCCC1)C1CC1. The van der Waals surface area contributed by atoms with Crippen LogP contribution in [-0.4, -0.2) is 58.6 Å². The summed E-state index contributed by atoms with van der Waals surface area (Å²) in [4.78, 5) is 16.1. The van der Waals surface area contributed by atoms with Crippen LogP contribution in [0.2, 0.25) is 0 Å². The predicted molar refractivity (Wildman–Crippen MR) is 103 cm³/mol. The number of carbonyl (C=O) groups excluding carboxylic acids is 1. The average molecular weight is 369 g/mol. The van der Waals surface area contributed by atoms with Crippen LogP contribution in [-0.2, 0) is 9.47 Å². The molecule has 0 aromatic heterocycles. The summed E-state index contributed by atoms with van der Waals surface area (Å²) in [5, 5.41) is 9.84. The number of rotatable bonds is 10. The summed E-state index contributed by atoms with van der Waals surface area (Å²) >= 11 is 0. The largest absolute Gasteiger partial charge is 0.450 e. The summed E-state index contributed by atoms with van der Waals surface area (Å²) in [5.41, 5.74) is 0.312. The van der Waals surface area contributed by atoms with Gasteiger partial charge in [0.05, 0.1) is 12.6 Å². The number of methoxy groups -OCH3 is 1. The number of nitrogens with zero attached hydrogens (tertiary/aromatic N) is 1. The van der Waals surface area contributed by atoms with Gasteiger partial charge in [-0.2, -0.15) is 0 Å². The van der Waals surface area contributed by atoms with Crippen molar-refractivity contribution < 1.29 is 14.3 Å². The summed E-state index contributed by atoms with van der Waals surface area (Å²) < 4.78 is 10.3. The quantitative estimate of drug-likeness (QED) is 0.407. The molecule has 2 aliphatic carbocycles. The molecule has 26 heavy (non-hydrogen) atoms. The third-order valence-corrected chi connectivity index (χ3v) is 5.61. The summed E-state index contributed by atoms with van der Waals surface area (Å²) in [5.74, 6) is 1.33. The molecule has 0 heterocycles. The van der Waals surface area contributed by atoms with Gasteiger partial charge in [0.15, 0.2) is 5.96 Å². The molecule has 0 radical (unpaired) electrons. The topological polar surface area (TPSA) is 84.0 Å². The van der Waals surface area contributed by atoms with Gasteiger partial charge in [-0.15, -0.1) is 0 Å². The van der Waals surface area contributed by atoms with Crippen LogP contribution in [0, 0.1) is 11.3 Å². The molecule has 0 spiro atoms. The zero-order chi connectivity index (χ0) is 18.8. The van der Waals surface area contributed by atoms with Gasteiger partial charge in [-0.05, 0) is 50.4 Å². The Morgan fingerprint density at radius 2 is 2.00 bits per heavy atom. The van der Waals surface area contributed by atoms with E-state index in [0.29, 0.717) is 24.5 Å². The lowest BCUT2D eigenvalue weighted by molar-refractivity contribution is 0.138. The fourth-order valence-electron chi connectivity index (χ4n) is 3.82. The van der Waals surface area contributed by atoms with E-state index in [1.54, 1.807) is 14.2 Å². The molecule has 0 bridgehead atoms. The number of hydrogen-bond acceptors (Lipinski definition) is 4. The van der Waals surface area contributed by atoms with Crippen molar-refractivity contribution in [2.24, 2.45) is 16.3 Å². The minimum Gasteiger partial charge on any atom is -0.450 e. The van der Waals surface area contributed by atoms with Gasteiger partial charge in [0, 0.05) is 33.9 Å². The van der Waals surface area contributed by atoms with Gasteiger partial charge in [0.25, 0.3) is 0 Å². The molecule has 150 valence electrons. The highest BCUT2D eigenvalue weighted by atomic mass is 16.5. The molecule has 2 rings (SSSR count). The molecule has 2 saturated carbocycles. The minimum atomic E-state index is -0.335. The molecule has 0 aliphatic heterocycles. The van der Waals surface area contributed by atoms with E-state index in [9.17, 15) is 4.79 Å². The summed E-state index contributed by atoms with van der Waals surface area (Å²) in [7, 11) is 3.56. The number of nitrogens with one attached hydrogen (secondary N) is 3. The second-order valence-corrected chi connectivity index (χ2v) is 7.57. The molecule has 0 aromatic carbocycles. The Morgan fingerprint density at radius 1 is 1.27 bits per heavy atom. The summed E-state index contributed by atoms with van der Waals surface area (Å²) in [6.07, 6.45) is 8.15. The zero-order valence-corrected chi connectivity index (χ0v) is 16.6. The van der Waals surface area contributed by atoms with Crippen LogP contribution in [0.25, 0.3) is 0 Å². The standard InChI is InChI=1S/C19H36N4O3/c1-4-26-18(24)23-16(15-7-8-15)13-21-17(20-2)22-14-19(11-12-25-3)9-5-6-10-19/h15-16H,4-14H2,1-3H3,(H,23,24)(H2,20,21,22). The van der Waals surface area contributed by atoms with E-state index in [1.165, 1.54) is 25.7 Å². The van der Waals surface area contributed by atoms with Crippen molar-refractivity contribution in [3.8, 4) is 0 Å². The number of alkyl carbamates (subject to hydrolysis) is 1. The molecule has 1 atom stereocenters. The normalized spacial score (nSPS) is 20.5. The van der Waals surface area contributed by atoms with Gasteiger partial charge in [-0.25, -0.2) is 4.79 Å². The smallest absolute Gasteiger partial charge is 0.407 e. The van der Waals surface area contributed by atoms with Crippen LogP contribution in [0.3, 0.4) is 0 Å². The highest BCUT2D eigenvalue weighted by Crippen LogP contribution is 2.40. The fourth-order valence-corrected chi connectivity index (χ4v) is 3.82. The number of hydrogen-bond donors (Lipinski definition) is 3. The van der Waals surface area contributed by atoms with Gasteiger partial charge >= 0.3 is 6.09 Å². The van der Waals surface area contributed by atoms with Crippen molar-refractivity contribution in [3.63, 3.8) is 0 Å². The molecule has 2 aliphatic rings. The van der Waals surface area contributed by atoms with E-state index < -0.39 is 0 Å². The predicted octanol–water partition coefficient (Wildman–Crippen LogP) is 2.27. The maximum atomic E-state index is 11.7. The Bertz CT molecular complexity index is 460. The third kappa shape index (κ3) is 6.67. The maximum Gasteiger partial charge on any atom is 0.407 e. The first-order valence-corrected chi connectivity index (χ1v) is 9.99. The van der Waals surface area contributed by atoms with Crippen molar-refractivity contribution in [3.05, 3.63) is 0 Å². The van der Waals surface area contributed by atoms with Crippen LogP contribution in [0.15, 0.2) is 4.99 Å². The summed E-state index contributed by atoms with van der Waals surface area (Å²) in [6, 6.07) is 0.0848. The molecule has 7 heteroatoms. The van der Waals surface area contributed by atoms with Crippen LogP contribution in [0.5, 0.6) is 0 Å². The maximum absolute atomic E-state index is 11.7. The van der Waals surface area contributed by atoms with Crippen molar-refractivity contribution >= 4 is 12.1 Å². The van der Waals surface area contributed by atoms with Gasteiger partial charge in [0.2, 0.25) is 0 Å². The monoisotopic (exact) mass is 368 g/mol. The molecule has 1 unspecified atom stereocenters. The molecule has 0 aromatic rings. The molecule has 3 N–H and O–H groups in total. The van der Waals surface area contributed by atoms with Gasteiger partial charge in [-0.1, -0.05) is 12.8 Å². The molecular weight excluding hydrogens is 332 g/mol. The van der Waals surface area contributed by atoms with Crippen LogP contribution < -0.4 is 16.0 Å². The Hall–Kier alpha value is -1.50. The van der Waals surface area contributed by atoms with E-state index in [1.807, 2.05) is 6.92 Å². The van der Waals surface area contributed by atoms with E-state index in [0.717, 1.165) is 38.4 Å². The first-order valence-electron chi connectivity index (χ1n) is 9.99. The summed E-state index contributed by atoms with van der Waals surface area (Å²) in [6.45, 7) is 4.59. The fraction of sp³-hybridized carbons (Fsp3) is 0.895. The van der Waals surface area contributed by atoms with Gasteiger partial charge in [-0.3, -0.25) is 4.99 Å². The Labute approximate surface area is 157 Å². The van der Waals surface area contributed by atoms with Crippen LogP contribution in [0.4, 0.5) is 4.79 Å². The van der Waals surface area contributed by atoms with Crippen molar-refractivity contribution in [2.45, 2.75) is 57.9 Å². The number of amides is 1. The lowest BCUT2D eigenvalue weighted by Crippen LogP contribution is -2.49. The molecular formula is C19H36N4O3. The van der Waals surface area contributed by atoms with E-state index in [4.69, 9.17) is 9.47 Å². The molecule has 7 nitrogen and oxygen atoms in total. The first kappa shape index (κ1) is 20.8. The third-order valence-electron chi connectivity index (χ3n) is 5.61. The minimum absolute atomic E-state index is 0.0848. The van der Waals surface area contributed by atoms with Crippen molar-refractivity contribution in [1.29, 1.82) is 0 Å². The van der Waals surface area contributed by atoms with Crippen LogP contribution in [0.1, 0.15) is 51.9 Å². The van der Waals surface area contributed by atoms with Gasteiger partial charge < -0.3 is 25.4 Å². The lowest BCUT2D eigenvalue weighted by Gasteiger charge is -2.30. The van der Waals surface area contributed by atoms with E-state index in [-0.39, 0.29) is 12.1 Å².